The van der Waals surface area contributed by atoms with E-state index >= 15 is 0 Å². The van der Waals surface area contributed by atoms with Crippen molar-refractivity contribution in [1.29, 1.82) is 0 Å². The molecule has 3 fully saturated rings. The fourth-order valence-corrected chi connectivity index (χ4v) is 7.06. The van der Waals surface area contributed by atoms with Crippen molar-refractivity contribution in [3.63, 3.8) is 0 Å². The van der Waals surface area contributed by atoms with E-state index in [9.17, 15) is 33.9 Å². The topological polar surface area (TPSA) is 304 Å². The number of fused-ring (bicyclic) bond motifs is 6. The minimum absolute atomic E-state index is 0.0238. The highest BCUT2D eigenvalue weighted by Crippen LogP contribution is 2.53. The van der Waals surface area contributed by atoms with Crippen LogP contribution in [0.25, 0.3) is 22.3 Å². The molecule has 0 spiro atoms. The predicted molar refractivity (Wildman–Crippen MR) is 139 cm³/mol. The van der Waals surface area contributed by atoms with E-state index in [1.54, 1.807) is 0 Å². The number of nitrogen functional groups attached to an aromatic ring is 1. The smallest absolute Gasteiger partial charge is 0.387 e. The molecule has 236 valence electrons. The van der Waals surface area contributed by atoms with Crippen LogP contribution in [0, 0.1) is 0 Å². The number of phosphoric ester groups is 2. The summed E-state index contributed by atoms with van der Waals surface area (Å²) in [6, 6.07) is 0. The molecule has 4 bridgehead atoms. The zero-order chi connectivity index (χ0) is 31.0. The van der Waals surface area contributed by atoms with Crippen molar-refractivity contribution in [3.8, 4) is 0 Å². The van der Waals surface area contributed by atoms with E-state index in [0.717, 1.165) is 23.5 Å². The summed E-state index contributed by atoms with van der Waals surface area (Å²) < 4.78 is 61.2. The number of nitrogens with two attached hydrogens (primary N) is 1. The molecule has 0 aliphatic carbocycles. The zero-order valence-electron chi connectivity index (χ0n) is 21.9. The lowest BCUT2D eigenvalue weighted by Gasteiger charge is -2.26. The maximum Gasteiger partial charge on any atom is 0.472 e. The number of hydrogen-bond acceptors (Lipinski definition) is 17. The molecular formula is C20H23N9O13P2. The highest BCUT2D eigenvalue weighted by atomic mass is 31.2. The minimum Gasteiger partial charge on any atom is -0.387 e. The molecule has 4 aromatic heterocycles. The average Bonchev–Trinajstić information content (AvgIpc) is 3.73. The van der Waals surface area contributed by atoms with Crippen LogP contribution >= 0.6 is 15.6 Å². The lowest BCUT2D eigenvalue weighted by molar-refractivity contribution is -0.0675. The molecule has 7 rings (SSSR count). The van der Waals surface area contributed by atoms with Gasteiger partial charge in [-0.25, -0.2) is 34.0 Å². The van der Waals surface area contributed by atoms with Gasteiger partial charge in [-0.2, -0.15) is 0 Å². The van der Waals surface area contributed by atoms with Crippen molar-refractivity contribution >= 4 is 43.8 Å². The first kappa shape index (κ1) is 29.5. The number of aromatic nitrogens is 8. The molecule has 24 heteroatoms. The molecule has 22 nitrogen and oxygen atoms in total. The number of ether oxygens (including phenoxy) is 2. The van der Waals surface area contributed by atoms with E-state index in [-0.39, 0.29) is 28.1 Å². The van der Waals surface area contributed by atoms with Crippen LogP contribution in [0.3, 0.4) is 0 Å². The van der Waals surface area contributed by atoms with Crippen LogP contribution in [0.1, 0.15) is 12.5 Å². The Balaban J connectivity index is 1.22. The van der Waals surface area contributed by atoms with Crippen LogP contribution in [0.15, 0.2) is 30.1 Å². The average molecular weight is 659 g/mol. The molecular weight excluding hydrogens is 636 g/mol. The maximum absolute atomic E-state index is 13.1. The molecule has 10 atom stereocenters. The minimum atomic E-state index is -5.06. The summed E-state index contributed by atoms with van der Waals surface area (Å²) >= 11 is 0. The Bertz CT molecular complexity index is 1880. The molecule has 7 N–H and O–H groups in total. The van der Waals surface area contributed by atoms with Gasteiger partial charge in [0.15, 0.2) is 35.1 Å². The number of aliphatic hydroxyl groups is 2. The van der Waals surface area contributed by atoms with Crippen LogP contribution in [-0.2, 0) is 36.7 Å². The van der Waals surface area contributed by atoms with E-state index in [1.165, 1.54) is 10.9 Å². The number of aromatic amines is 1. The Kier molecular flexibility index (Phi) is 7.16. The summed E-state index contributed by atoms with van der Waals surface area (Å²) in [4.78, 5) is 55.8. The van der Waals surface area contributed by atoms with E-state index in [2.05, 4.69) is 29.9 Å². The number of H-pyrrole nitrogens is 1. The first-order valence-electron chi connectivity index (χ1n) is 12.7. The number of anilines is 1. The molecule has 44 heavy (non-hydrogen) atoms. The quantitative estimate of drug-likeness (QED) is 0.128. The van der Waals surface area contributed by atoms with Crippen LogP contribution in [0.2, 0.25) is 0 Å². The number of nitrogens with zero attached hydrogens (tertiary/aromatic N) is 7. The Labute approximate surface area is 243 Å². The zero-order valence-corrected chi connectivity index (χ0v) is 23.7. The summed E-state index contributed by atoms with van der Waals surface area (Å²) in [5.74, 6) is 0.0238. The van der Waals surface area contributed by atoms with Gasteiger partial charge in [-0.05, 0) is 0 Å². The van der Waals surface area contributed by atoms with Gasteiger partial charge in [0, 0.05) is 0 Å². The van der Waals surface area contributed by atoms with Gasteiger partial charge in [-0.15, -0.1) is 0 Å². The fourth-order valence-electron chi connectivity index (χ4n) is 5.20. The Hall–Kier alpha value is -3.24. The van der Waals surface area contributed by atoms with Crippen molar-refractivity contribution in [2.75, 3.05) is 18.9 Å². The second-order valence-electron chi connectivity index (χ2n) is 9.92. The van der Waals surface area contributed by atoms with Crippen LogP contribution < -0.4 is 11.3 Å². The Morgan fingerprint density at radius 3 is 1.91 bits per heavy atom. The van der Waals surface area contributed by atoms with Gasteiger partial charge in [0.25, 0.3) is 5.56 Å². The van der Waals surface area contributed by atoms with Crippen molar-refractivity contribution < 1.29 is 56.7 Å². The van der Waals surface area contributed by atoms with E-state index in [1.807, 2.05) is 0 Å². The molecule has 7 heterocycles. The second kappa shape index (κ2) is 10.7. The molecule has 0 radical (unpaired) electrons. The molecule has 0 aromatic carbocycles. The van der Waals surface area contributed by atoms with Crippen molar-refractivity contribution in [3.05, 3.63) is 35.7 Å². The second-order valence-corrected chi connectivity index (χ2v) is 12.7. The summed E-state index contributed by atoms with van der Waals surface area (Å²) in [6.45, 7) is -1.60. The van der Waals surface area contributed by atoms with Gasteiger partial charge in [0.1, 0.15) is 48.5 Å². The Morgan fingerprint density at radius 2 is 1.34 bits per heavy atom. The molecule has 0 amide bonds. The fraction of sp³-hybridized carbons (Fsp3) is 0.500. The molecule has 3 saturated heterocycles. The third kappa shape index (κ3) is 5.04. The first-order valence-corrected chi connectivity index (χ1v) is 15.7. The largest absolute Gasteiger partial charge is 0.472 e. The van der Waals surface area contributed by atoms with E-state index in [4.69, 9.17) is 33.3 Å². The maximum atomic E-state index is 13.1. The number of aliphatic hydroxyl groups excluding tert-OH is 2. The van der Waals surface area contributed by atoms with E-state index < -0.39 is 83.5 Å². The van der Waals surface area contributed by atoms with Gasteiger partial charge >= 0.3 is 15.6 Å². The number of imidazole rings is 2. The van der Waals surface area contributed by atoms with Gasteiger partial charge in [-0.1, -0.05) is 0 Å². The standard InChI is InChI=1S/C20H23N9O13P2/c21-15-9-16(23-3-22-15)28(5-26-9)19-13-11(30)7(39-19)1-37-44(35,36)42-14-12(31)8(2-38-43(33,34)41-13)40-20(14)29-6-27-10-17(29)24-4-25-18(10)32/h3-8,11-14,19-20,30-31H,1-2H2,(H,33,34)(H,35,36)(H2,21,22,23)(H,24,25,32)/t7-,8-,11-,12-,13-,14-,19?,20?/m1/s1. The van der Waals surface area contributed by atoms with Crippen molar-refractivity contribution in [2.45, 2.75) is 49.1 Å². The van der Waals surface area contributed by atoms with Crippen LogP contribution in [0.4, 0.5) is 5.82 Å². The van der Waals surface area contributed by atoms with Crippen molar-refractivity contribution in [2.24, 2.45) is 0 Å². The Morgan fingerprint density at radius 1 is 0.818 bits per heavy atom. The number of hydrogen-bond donors (Lipinski definition) is 6. The van der Waals surface area contributed by atoms with E-state index in [0.29, 0.717) is 0 Å². The molecule has 3 aliphatic rings. The number of nitrogens with one attached hydrogen (secondary N) is 1. The summed E-state index contributed by atoms with van der Waals surface area (Å²) in [5.41, 5.74) is 5.40. The van der Waals surface area contributed by atoms with Crippen LogP contribution in [0.5, 0.6) is 0 Å². The van der Waals surface area contributed by atoms with Gasteiger partial charge < -0.3 is 40.2 Å². The summed E-state index contributed by atoms with van der Waals surface area (Å²) in [6.07, 6.45) is -7.96. The number of phosphoric acid groups is 2. The molecule has 4 unspecified atom stereocenters. The highest BCUT2D eigenvalue weighted by molar-refractivity contribution is 7.47. The monoisotopic (exact) mass is 659 g/mol. The highest BCUT2D eigenvalue weighted by Gasteiger charge is 2.54. The lowest BCUT2D eigenvalue weighted by atomic mass is 10.1. The summed E-state index contributed by atoms with van der Waals surface area (Å²) in [7, 11) is -10.1. The van der Waals surface area contributed by atoms with Crippen LogP contribution in [-0.4, -0.2) is 109 Å². The number of rotatable bonds is 2. The third-order valence-corrected chi connectivity index (χ3v) is 9.21. The predicted octanol–water partition coefficient (Wildman–Crippen LogP) is -1.92. The summed E-state index contributed by atoms with van der Waals surface area (Å²) in [5, 5.41) is 22.1. The third-order valence-electron chi connectivity index (χ3n) is 7.24. The normalized spacial score (nSPS) is 38.3. The van der Waals surface area contributed by atoms with Gasteiger partial charge in [0.05, 0.1) is 32.2 Å². The van der Waals surface area contributed by atoms with Gasteiger partial charge in [-0.3, -0.25) is 32.0 Å². The molecule has 3 aliphatic heterocycles. The lowest BCUT2D eigenvalue weighted by Crippen LogP contribution is -2.38. The van der Waals surface area contributed by atoms with Gasteiger partial charge in [0.2, 0.25) is 0 Å². The molecule has 4 aromatic rings. The first-order chi connectivity index (χ1) is 20.9. The van der Waals surface area contributed by atoms with Crippen molar-refractivity contribution in [1.82, 2.24) is 39.0 Å². The molecule has 0 saturated carbocycles. The SMILES string of the molecule is Nc1ncnc2c1ncn2C1O[C@@H]2COP(=O)(O)O[C@H]3C(n4cnc5c(=O)[nH]cnc54)O[C@H](COP(=O)(O)O[C@@H]1[C@@H]2O)[C@H]3O.